The Hall–Kier alpha value is -1.49. The first-order valence-corrected chi connectivity index (χ1v) is 5.65. The zero-order chi connectivity index (χ0) is 10.5. The molecule has 0 aliphatic carbocycles. The van der Waals surface area contributed by atoms with Crippen LogP contribution in [0.15, 0.2) is 24.5 Å². The molecule has 0 bridgehead atoms. The molecule has 0 atom stereocenters. The van der Waals surface area contributed by atoms with E-state index in [1.54, 1.807) is 12.4 Å². The topological polar surface area (TPSA) is 50.7 Å². The number of aromatic nitrogens is 3. The predicted octanol–water partition coefficient (Wildman–Crippen LogP) is 2.42. The van der Waals surface area contributed by atoms with E-state index in [4.69, 9.17) is 0 Å². The number of nitrogens with zero attached hydrogens (tertiary/aromatic N) is 3. The number of hydrogen-bond donors (Lipinski definition) is 1. The lowest BCUT2D eigenvalue weighted by molar-refractivity contribution is 0.976. The van der Waals surface area contributed by atoms with E-state index in [9.17, 15) is 0 Å². The molecule has 2 heterocycles. The first-order chi connectivity index (χ1) is 7.40. The molecule has 0 saturated carbocycles. The highest BCUT2D eigenvalue weighted by atomic mass is 32.1. The summed E-state index contributed by atoms with van der Waals surface area (Å²) < 4.78 is 4.28. The smallest absolute Gasteiger partial charge is 0.202 e. The van der Waals surface area contributed by atoms with Crippen LogP contribution in [0.5, 0.6) is 0 Å². The van der Waals surface area contributed by atoms with Crippen molar-refractivity contribution in [1.29, 1.82) is 0 Å². The summed E-state index contributed by atoms with van der Waals surface area (Å²) in [5, 5.41) is 4.09. The molecular formula is C10H12N4S. The third-order valence-corrected chi connectivity index (χ3v) is 2.56. The molecular weight excluding hydrogens is 208 g/mol. The number of rotatable bonds is 4. The van der Waals surface area contributed by atoms with Crippen LogP contribution in [0.3, 0.4) is 0 Å². The quantitative estimate of drug-likeness (QED) is 0.859. The molecule has 5 heteroatoms. The maximum absolute atomic E-state index is 4.39. The summed E-state index contributed by atoms with van der Waals surface area (Å²) in [5.74, 6) is 0.765. The van der Waals surface area contributed by atoms with E-state index >= 15 is 0 Å². The van der Waals surface area contributed by atoms with Crippen molar-refractivity contribution in [2.24, 2.45) is 0 Å². The van der Waals surface area contributed by atoms with Gasteiger partial charge in [-0.2, -0.15) is 9.36 Å². The fourth-order valence-corrected chi connectivity index (χ4v) is 1.76. The van der Waals surface area contributed by atoms with Crippen molar-refractivity contribution >= 4 is 16.7 Å². The van der Waals surface area contributed by atoms with Gasteiger partial charge in [-0.1, -0.05) is 6.92 Å². The molecule has 0 aliphatic heterocycles. The molecule has 2 rings (SSSR count). The number of nitrogens with one attached hydrogen (secondary N) is 1. The van der Waals surface area contributed by atoms with E-state index in [0.29, 0.717) is 0 Å². The van der Waals surface area contributed by atoms with Gasteiger partial charge in [0.2, 0.25) is 5.13 Å². The summed E-state index contributed by atoms with van der Waals surface area (Å²) in [5.41, 5.74) is 1.01. The van der Waals surface area contributed by atoms with Gasteiger partial charge in [-0.25, -0.2) is 0 Å². The molecule has 0 amide bonds. The standard InChI is InChI=1S/C10H12N4S/c1-2-5-12-10-13-9(14-15-10)8-3-6-11-7-4-8/h3-4,6-7H,2,5H2,1H3,(H,12,13,14). The highest BCUT2D eigenvalue weighted by Crippen LogP contribution is 2.19. The van der Waals surface area contributed by atoms with Crippen LogP contribution >= 0.6 is 11.5 Å². The van der Waals surface area contributed by atoms with Crippen molar-refractivity contribution < 1.29 is 0 Å². The SMILES string of the molecule is CCCNc1nc(-c2ccncc2)ns1. The normalized spacial score (nSPS) is 10.2. The molecule has 1 N–H and O–H groups in total. The highest BCUT2D eigenvalue weighted by Gasteiger charge is 2.04. The molecule has 0 unspecified atom stereocenters. The van der Waals surface area contributed by atoms with Crippen LogP contribution in [0.4, 0.5) is 5.13 Å². The Bertz CT molecular complexity index is 412. The van der Waals surface area contributed by atoms with Gasteiger partial charge >= 0.3 is 0 Å². The first kappa shape index (κ1) is 10.0. The minimum Gasteiger partial charge on any atom is -0.360 e. The molecule has 15 heavy (non-hydrogen) atoms. The fourth-order valence-electron chi connectivity index (χ4n) is 1.15. The Balaban J connectivity index is 2.14. The average molecular weight is 220 g/mol. The van der Waals surface area contributed by atoms with Crippen LogP contribution in [-0.4, -0.2) is 20.9 Å². The van der Waals surface area contributed by atoms with E-state index in [1.165, 1.54) is 11.5 Å². The Labute approximate surface area is 92.6 Å². The van der Waals surface area contributed by atoms with E-state index in [-0.39, 0.29) is 0 Å². The molecule has 0 fully saturated rings. The Morgan fingerprint density at radius 1 is 1.33 bits per heavy atom. The zero-order valence-corrected chi connectivity index (χ0v) is 9.29. The van der Waals surface area contributed by atoms with E-state index in [0.717, 1.165) is 29.5 Å². The molecule has 2 aromatic heterocycles. The molecule has 0 radical (unpaired) electrons. The summed E-state index contributed by atoms with van der Waals surface area (Å²) >= 11 is 1.39. The van der Waals surface area contributed by atoms with Gasteiger partial charge in [0.15, 0.2) is 5.82 Å². The summed E-state index contributed by atoms with van der Waals surface area (Å²) in [7, 11) is 0. The Kier molecular flexibility index (Phi) is 3.24. The van der Waals surface area contributed by atoms with Crippen LogP contribution in [0.2, 0.25) is 0 Å². The Morgan fingerprint density at radius 2 is 2.13 bits per heavy atom. The van der Waals surface area contributed by atoms with Gasteiger partial charge in [0, 0.05) is 36.0 Å². The maximum Gasteiger partial charge on any atom is 0.202 e. The largest absolute Gasteiger partial charge is 0.360 e. The second kappa shape index (κ2) is 4.84. The lowest BCUT2D eigenvalue weighted by atomic mass is 10.3. The van der Waals surface area contributed by atoms with E-state index < -0.39 is 0 Å². The van der Waals surface area contributed by atoms with Crippen molar-refractivity contribution in [3.05, 3.63) is 24.5 Å². The van der Waals surface area contributed by atoms with Gasteiger partial charge in [0.1, 0.15) is 0 Å². The summed E-state index contributed by atoms with van der Waals surface area (Å²) in [6, 6.07) is 3.82. The zero-order valence-electron chi connectivity index (χ0n) is 8.47. The third kappa shape index (κ3) is 2.50. The molecule has 0 aromatic carbocycles. The van der Waals surface area contributed by atoms with Crippen LogP contribution < -0.4 is 5.32 Å². The van der Waals surface area contributed by atoms with Gasteiger partial charge in [0.05, 0.1) is 0 Å². The van der Waals surface area contributed by atoms with Gasteiger partial charge < -0.3 is 5.32 Å². The van der Waals surface area contributed by atoms with Gasteiger partial charge in [-0.05, 0) is 18.6 Å². The van der Waals surface area contributed by atoms with E-state index in [2.05, 4.69) is 26.6 Å². The number of anilines is 1. The van der Waals surface area contributed by atoms with Crippen LogP contribution in [0.25, 0.3) is 11.4 Å². The minimum atomic E-state index is 0.765. The fraction of sp³-hybridized carbons (Fsp3) is 0.300. The Morgan fingerprint density at radius 3 is 2.87 bits per heavy atom. The lowest BCUT2D eigenvalue weighted by Crippen LogP contribution is -1.98. The van der Waals surface area contributed by atoms with Crippen LogP contribution in [-0.2, 0) is 0 Å². The number of hydrogen-bond acceptors (Lipinski definition) is 5. The van der Waals surface area contributed by atoms with Gasteiger partial charge in [-0.15, -0.1) is 0 Å². The van der Waals surface area contributed by atoms with Crippen molar-refractivity contribution in [3.8, 4) is 11.4 Å². The lowest BCUT2D eigenvalue weighted by Gasteiger charge is -1.96. The van der Waals surface area contributed by atoms with Crippen molar-refractivity contribution in [1.82, 2.24) is 14.3 Å². The number of pyridine rings is 1. The van der Waals surface area contributed by atoms with Crippen LogP contribution in [0.1, 0.15) is 13.3 Å². The molecule has 0 saturated heterocycles. The first-order valence-electron chi connectivity index (χ1n) is 4.88. The van der Waals surface area contributed by atoms with Crippen molar-refractivity contribution in [3.63, 3.8) is 0 Å². The van der Waals surface area contributed by atoms with Gasteiger partial charge in [-0.3, -0.25) is 4.98 Å². The molecule has 4 nitrogen and oxygen atoms in total. The second-order valence-corrected chi connectivity index (χ2v) is 3.84. The van der Waals surface area contributed by atoms with Crippen molar-refractivity contribution in [2.75, 3.05) is 11.9 Å². The third-order valence-electron chi connectivity index (χ3n) is 1.89. The molecule has 0 aliphatic rings. The summed E-state index contributed by atoms with van der Waals surface area (Å²) in [4.78, 5) is 8.35. The maximum atomic E-state index is 4.39. The summed E-state index contributed by atoms with van der Waals surface area (Å²) in [6.07, 6.45) is 4.58. The highest BCUT2D eigenvalue weighted by molar-refractivity contribution is 7.09. The van der Waals surface area contributed by atoms with Crippen LogP contribution in [0, 0.1) is 0 Å². The second-order valence-electron chi connectivity index (χ2n) is 3.09. The summed E-state index contributed by atoms with van der Waals surface area (Å²) in [6.45, 7) is 3.06. The van der Waals surface area contributed by atoms with Crippen molar-refractivity contribution in [2.45, 2.75) is 13.3 Å². The van der Waals surface area contributed by atoms with Gasteiger partial charge in [0.25, 0.3) is 0 Å². The predicted molar refractivity (Wildman–Crippen MR) is 61.9 cm³/mol. The molecule has 2 aromatic rings. The molecule has 78 valence electrons. The molecule has 0 spiro atoms. The average Bonchev–Trinajstić information content (AvgIpc) is 2.76. The van der Waals surface area contributed by atoms with E-state index in [1.807, 2.05) is 12.1 Å². The minimum absolute atomic E-state index is 0.765. The monoisotopic (exact) mass is 220 g/mol.